The molecule has 5 heteroatoms. The SMILES string of the molecule is OC(c1cc2cc(F)ccc2o1)c1ccoc1Cl. The molecule has 1 atom stereocenters. The summed E-state index contributed by atoms with van der Waals surface area (Å²) in [6.07, 6.45) is 0.343. The molecule has 0 amide bonds. The van der Waals surface area contributed by atoms with Crippen LogP contribution in [0.15, 0.2) is 45.4 Å². The van der Waals surface area contributed by atoms with E-state index in [2.05, 4.69) is 0 Å². The van der Waals surface area contributed by atoms with Crippen molar-refractivity contribution in [3.8, 4) is 0 Å². The Hall–Kier alpha value is -1.78. The molecule has 92 valence electrons. The van der Waals surface area contributed by atoms with Crippen LogP contribution in [0.4, 0.5) is 4.39 Å². The average Bonchev–Trinajstić information content (AvgIpc) is 2.93. The first-order chi connectivity index (χ1) is 8.65. The summed E-state index contributed by atoms with van der Waals surface area (Å²) in [7, 11) is 0. The molecule has 0 fully saturated rings. The zero-order valence-electron chi connectivity index (χ0n) is 9.06. The third kappa shape index (κ3) is 1.79. The fourth-order valence-corrected chi connectivity index (χ4v) is 2.04. The van der Waals surface area contributed by atoms with E-state index in [9.17, 15) is 9.50 Å². The van der Waals surface area contributed by atoms with Gasteiger partial charge < -0.3 is 13.9 Å². The van der Waals surface area contributed by atoms with Gasteiger partial charge in [-0.15, -0.1) is 0 Å². The summed E-state index contributed by atoms with van der Waals surface area (Å²) in [6.45, 7) is 0. The lowest BCUT2D eigenvalue weighted by atomic mass is 10.1. The van der Waals surface area contributed by atoms with Crippen LogP contribution in [0.2, 0.25) is 5.22 Å². The molecule has 0 saturated heterocycles. The lowest BCUT2D eigenvalue weighted by molar-refractivity contribution is 0.191. The molecule has 2 aromatic heterocycles. The van der Waals surface area contributed by atoms with Crippen molar-refractivity contribution in [2.24, 2.45) is 0 Å². The molecular formula is C13H8ClFO3. The van der Waals surface area contributed by atoms with E-state index in [1.54, 1.807) is 12.1 Å². The average molecular weight is 267 g/mol. The normalized spacial score (nSPS) is 13.1. The molecule has 0 spiro atoms. The highest BCUT2D eigenvalue weighted by molar-refractivity contribution is 6.29. The molecule has 0 saturated carbocycles. The second-order valence-corrected chi connectivity index (χ2v) is 4.23. The van der Waals surface area contributed by atoms with Crippen LogP contribution in [0.3, 0.4) is 0 Å². The second-order valence-electron chi connectivity index (χ2n) is 3.88. The summed E-state index contributed by atoms with van der Waals surface area (Å²) in [5, 5.41) is 10.8. The highest BCUT2D eigenvalue weighted by Gasteiger charge is 2.20. The Bertz CT molecular complexity index is 701. The molecule has 3 aromatic rings. The maximum absolute atomic E-state index is 13.0. The number of hydrogen-bond acceptors (Lipinski definition) is 3. The van der Waals surface area contributed by atoms with Crippen molar-refractivity contribution in [1.82, 2.24) is 0 Å². The van der Waals surface area contributed by atoms with Crippen molar-refractivity contribution >= 4 is 22.6 Å². The molecule has 1 N–H and O–H groups in total. The van der Waals surface area contributed by atoms with E-state index in [0.29, 0.717) is 22.3 Å². The van der Waals surface area contributed by atoms with Gasteiger partial charge in [-0.05, 0) is 41.9 Å². The van der Waals surface area contributed by atoms with Crippen LogP contribution < -0.4 is 0 Å². The minimum absolute atomic E-state index is 0.106. The van der Waals surface area contributed by atoms with Gasteiger partial charge >= 0.3 is 0 Å². The van der Waals surface area contributed by atoms with Gasteiger partial charge in [0, 0.05) is 10.9 Å². The first-order valence-electron chi connectivity index (χ1n) is 5.25. The van der Waals surface area contributed by atoms with E-state index in [4.69, 9.17) is 20.4 Å². The lowest BCUT2D eigenvalue weighted by Crippen LogP contribution is -1.96. The van der Waals surface area contributed by atoms with E-state index in [-0.39, 0.29) is 11.0 Å². The summed E-state index contributed by atoms with van der Waals surface area (Å²) in [4.78, 5) is 0. The van der Waals surface area contributed by atoms with Crippen LogP contribution in [0, 0.1) is 5.82 Å². The van der Waals surface area contributed by atoms with Crippen LogP contribution in [-0.4, -0.2) is 5.11 Å². The number of fused-ring (bicyclic) bond motifs is 1. The Labute approximate surface area is 106 Å². The molecule has 3 rings (SSSR count). The highest BCUT2D eigenvalue weighted by atomic mass is 35.5. The standard InChI is InChI=1S/C13H8ClFO3/c14-13-9(3-4-17-13)12(16)11-6-7-5-8(15)1-2-10(7)18-11/h1-6,12,16H. The minimum Gasteiger partial charge on any atom is -0.458 e. The number of rotatable bonds is 2. The summed E-state index contributed by atoms with van der Waals surface area (Å²) >= 11 is 5.78. The summed E-state index contributed by atoms with van der Waals surface area (Å²) in [5.74, 6) is -0.0652. The van der Waals surface area contributed by atoms with E-state index in [1.165, 1.54) is 24.5 Å². The zero-order chi connectivity index (χ0) is 12.7. The molecule has 0 bridgehead atoms. The summed E-state index contributed by atoms with van der Waals surface area (Å²) < 4.78 is 23.4. The van der Waals surface area contributed by atoms with Crippen LogP contribution in [0.25, 0.3) is 11.0 Å². The number of furan rings is 2. The van der Waals surface area contributed by atoms with E-state index < -0.39 is 6.10 Å². The predicted molar refractivity (Wildman–Crippen MR) is 64.0 cm³/mol. The van der Waals surface area contributed by atoms with Crippen molar-refractivity contribution in [1.29, 1.82) is 0 Å². The lowest BCUT2D eigenvalue weighted by Gasteiger charge is -2.04. The quantitative estimate of drug-likeness (QED) is 0.765. The largest absolute Gasteiger partial charge is 0.458 e. The molecule has 0 aliphatic rings. The fourth-order valence-electron chi connectivity index (χ4n) is 1.82. The van der Waals surface area contributed by atoms with Gasteiger partial charge in [-0.3, -0.25) is 0 Å². The van der Waals surface area contributed by atoms with Gasteiger partial charge in [0.15, 0.2) is 5.22 Å². The predicted octanol–water partition coefficient (Wildman–Crippen LogP) is 3.90. The topological polar surface area (TPSA) is 46.5 Å². The zero-order valence-corrected chi connectivity index (χ0v) is 9.82. The van der Waals surface area contributed by atoms with Gasteiger partial charge in [-0.25, -0.2) is 4.39 Å². The van der Waals surface area contributed by atoms with Crippen LogP contribution in [0.1, 0.15) is 17.4 Å². The molecule has 0 radical (unpaired) electrons. The monoisotopic (exact) mass is 266 g/mol. The smallest absolute Gasteiger partial charge is 0.199 e. The Balaban J connectivity index is 2.07. The van der Waals surface area contributed by atoms with Gasteiger partial charge in [0.05, 0.1) is 6.26 Å². The van der Waals surface area contributed by atoms with Crippen LogP contribution in [-0.2, 0) is 0 Å². The van der Waals surface area contributed by atoms with Gasteiger partial charge in [0.1, 0.15) is 23.3 Å². The highest BCUT2D eigenvalue weighted by Crippen LogP contribution is 2.32. The third-order valence-electron chi connectivity index (χ3n) is 2.71. The molecule has 3 nitrogen and oxygen atoms in total. The van der Waals surface area contributed by atoms with Gasteiger partial charge in [0.2, 0.25) is 0 Å². The van der Waals surface area contributed by atoms with Crippen molar-refractivity contribution < 1.29 is 18.3 Å². The van der Waals surface area contributed by atoms with Gasteiger partial charge in [-0.2, -0.15) is 0 Å². The van der Waals surface area contributed by atoms with Crippen molar-refractivity contribution in [3.05, 3.63) is 59.0 Å². The van der Waals surface area contributed by atoms with E-state index >= 15 is 0 Å². The van der Waals surface area contributed by atoms with Crippen molar-refractivity contribution in [3.63, 3.8) is 0 Å². The number of hydrogen-bond donors (Lipinski definition) is 1. The maximum atomic E-state index is 13.0. The minimum atomic E-state index is -1.04. The molecule has 2 heterocycles. The van der Waals surface area contributed by atoms with Gasteiger partial charge in [-0.1, -0.05) is 0 Å². The van der Waals surface area contributed by atoms with E-state index in [1.807, 2.05) is 0 Å². The van der Waals surface area contributed by atoms with Gasteiger partial charge in [0.25, 0.3) is 0 Å². The van der Waals surface area contributed by atoms with Crippen LogP contribution >= 0.6 is 11.6 Å². The summed E-state index contributed by atoms with van der Waals surface area (Å²) in [5.41, 5.74) is 0.918. The van der Waals surface area contributed by atoms with Crippen molar-refractivity contribution in [2.45, 2.75) is 6.10 Å². The summed E-state index contributed by atoms with van der Waals surface area (Å²) in [6, 6.07) is 7.28. The molecule has 18 heavy (non-hydrogen) atoms. The third-order valence-corrected chi connectivity index (χ3v) is 3.01. The Morgan fingerprint density at radius 2 is 2.06 bits per heavy atom. The molecule has 1 unspecified atom stereocenters. The van der Waals surface area contributed by atoms with Crippen LogP contribution in [0.5, 0.6) is 0 Å². The van der Waals surface area contributed by atoms with E-state index in [0.717, 1.165) is 0 Å². The Morgan fingerprint density at radius 3 is 2.78 bits per heavy atom. The molecular weight excluding hydrogens is 259 g/mol. The second kappa shape index (κ2) is 4.15. The number of benzene rings is 1. The first kappa shape index (κ1) is 11.3. The first-order valence-corrected chi connectivity index (χ1v) is 5.63. The van der Waals surface area contributed by atoms with Crippen molar-refractivity contribution in [2.75, 3.05) is 0 Å². The molecule has 1 aromatic carbocycles. The number of halogens is 2. The molecule has 0 aliphatic carbocycles. The number of aliphatic hydroxyl groups is 1. The fraction of sp³-hybridized carbons (Fsp3) is 0.0769. The number of aliphatic hydroxyl groups excluding tert-OH is 1. The maximum Gasteiger partial charge on any atom is 0.199 e. The Kier molecular flexibility index (Phi) is 2.61. The molecule has 0 aliphatic heterocycles. The Morgan fingerprint density at radius 1 is 1.22 bits per heavy atom.